The molecule has 0 radical (unpaired) electrons. The number of benzene rings is 1. The van der Waals surface area contributed by atoms with Gasteiger partial charge in [-0.1, -0.05) is 35.5 Å². The molecule has 1 N–H and O–H groups in total. The predicted molar refractivity (Wildman–Crippen MR) is 70.7 cm³/mol. The number of nitrogens with zero attached hydrogens (tertiary/aromatic N) is 1. The van der Waals surface area contributed by atoms with Crippen LogP contribution in [0, 0.1) is 0 Å². The van der Waals surface area contributed by atoms with Crippen molar-refractivity contribution in [3.63, 3.8) is 0 Å². The molecule has 2 rings (SSSR count). The minimum Gasteiger partial charge on any atom is -0.379 e. The number of halogens is 2. The second kappa shape index (κ2) is 5.56. The highest BCUT2D eigenvalue weighted by molar-refractivity contribution is 6.05. The van der Waals surface area contributed by atoms with E-state index in [1.165, 1.54) is 6.92 Å². The molecule has 1 aliphatic heterocycles. The summed E-state index contributed by atoms with van der Waals surface area (Å²) in [6.45, 7) is 2.79. The van der Waals surface area contributed by atoms with E-state index < -0.39 is 24.0 Å². The zero-order chi connectivity index (χ0) is 14.8. The maximum Gasteiger partial charge on any atom is 0.267 e. The van der Waals surface area contributed by atoms with Crippen molar-refractivity contribution < 1.29 is 18.4 Å². The van der Waals surface area contributed by atoms with Gasteiger partial charge in [0.1, 0.15) is 0 Å². The van der Waals surface area contributed by atoms with Crippen LogP contribution in [-0.4, -0.2) is 29.7 Å². The number of carbonyl (C=O) groups excluding carboxylic acids is 1. The van der Waals surface area contributed by atoms with E-state index in [2.05, 4.69) is 10.5 Å². The van der Waals surface area contributed by atoms with Crippen molar-refractivity contribution in [2.75, 3.05) is 0 Å². The summed E-state index contributed by atoms with van der Waals surface area (Å²) in [6.07, 6.45) is -2.36. The summed E-state index contributed by atoms with van der Waals surface area (Å²) in [5.74, 6) is -0.583. The average Bonchev–Trinajstić information content (AvgIpc) is 2.83. The number of carbonyl (C=O) groups is 1. The first-order chi connectivity index (χ1) is 9.42. The highest BCUT2D eigenvalue weighted by Crippen LogP contribution is 2.27. The van der Waals surface area contributed by atoms with E-state index in [-0.39, 0.29) is 6.42 Å². The lowest BCUT2D eigenvalue weighted by Gasteiger charge is -2.23. The molecule has 0 saturated carbocycles. The number of hydrogen-bond donors (Lipinski definition) is 1. The van der Waals surface area contributed by atoms with Crippen molar-refractivity contribution >= 4 is 11.6 Å². The Morgan fingerprint density at radius 3 is 2.65 bits per heavy atom. The van der Waals surface area contributed by atoms with Crippen molar-refractivity contribution in [3.05, 3.63) is 35.9 Å². The zero-order valence-electron chi connectivity index (χ0n) is 11.3. The van der Waals surface area contributed by atoms with Gasteiger partial charge in [-0.05, 0) is 19.4 Å². The summed E-state index contributed by atoms with van der Waals surface area (Å²) in [4.78, 5) is 17.2. The Hall–Kier alpha value is -1.98. The molecule has 2 atom stereocenters. The quantitative estimate of drug-likeness (QED) is 0.921. The van der Waals surface area contributed by atoms with E-state index in [1.807, 2.05) is 30.3 Å². The van der Waals surface area contributed by atoms with Gasteiger partial charge in [0, 0.05) is 6.42 Å². The second-order valence-electron chi connectivity index (χ2n) is 5.00. The fraction of sp³-hybridized carbons (Fsp3) is 0.429. The lowest BCUT2D eigenvalue weighted by atomic mass is 9.95. The van der Waals surface area contributed by atoms with Crippen LogP contribution in [0.4, 0.5) is 8.78 Å². The average molecular weight is 282 g/mol. The van der Waals surface area contributed by atoms with Crippen molar-refractivity contribution in [2.45, 2.75) is 38.3 Å². The molecule has 20 heavy (non-hydrogen) atoms. The maximum absolute atomic E-state index is 12.5. The van der Waals surface area contributed by atoms with Crippen molar-refractivity contribution in [1.29, 1.82) is 0 Å². The van der Waals surface area contributed by atoms with Gasteiger partial charge in [0.05, 0.1) is 11.8 Å². The molecule has 0 aromatic heterocycles. The maximum atomic E-state index is 12.5. The molecule has 1 heterocycles. The van der Waals surface area contributed by atoms with Crippen LogP contribution in [0.2, 0.25) is 0 Å². The molecule has 1 aromatic carbocycles. The summed E-state index contributed by atoms with van der Waals surface area (Å²) < 4.78 is 24.9. The smallest absolute Gasteiger partial charge is 0.267 e. The van der Waals surface area contributed by atoms with Crippen LogP contribution in [0.3, 0.4) is 0 Å². The molecule has 0 spiro atoms. The fourth-order valence-electron chi connectivity index (χ4n) is 1.87. The van der Waals surface area contributed by atoms with Gasteiger partial charge in [0.15, 0.2) is 0 Å². The molecule has 108 valence electrons. The Kier molecular flexibility index (Phi) is 4.01. The topological polar surface area (TPSA) is 50.7 Å². The first-order valence-corrected chi connectivity index (χ1v) is 6.32. The van der Waals surface area contributed by atoms with Gasteiger partial charge in [0.25, 0.3) is 12.3 Å². The summed E-state index contributed by atoms with van der Waals surface area (Å²) in [7, 11) is 0. The van der Waals surface area contributed by atoms with Crippen molar-refractivity contribution in [2.24, 2.45) is 5.16 Å². The van der Waals surface area contributed by atoms with E-state index >= 15 is 0 Å². The van der Waals surface area contributed by atoms with E-state index in [0.29, 0.717) is 5.71 Å². The Balaban J connectivity index is 2.03. The third-order valence-electron chi connectivity index (χ3n) is 3.19. The molecule has 1 amide bonds. The Labute approximate surface area is 115 Å². The van der Waals surface area contributed by atoms with Crippen molar-refractivity contribution in [3.8, 4) is 0 Å². The predicted octanol–water partition coefficient (Wildman–Crippen LogP) is 2.34. The van der Waals surface area contributed by atoms with Gasteiger partial charge in [-0.25, -0.2) is 8.78 Å². The lowest BCUT2D eigenvalue weighted by molar-refractivity contribution is -0.143. The Morgan fingerprint density at radius 2 is 2.05 bits per heavy atom. The van der Waals surface area contributed by atoms with Gasteiger partial charge in [-0.3, -0.25) is 4.79 Å². The van der Waals surface area contributed by atoms with Crippen LogP contribution >= 0.6 is 0 Å². The molecule has 2 unspecified atom stereocenters. The SMILES string of the molecule is CC(NC(=O)C1(C)CC(c2ccccc2)=NO1)C(F)F. The van der Waals surface area contributed by atoms with Gasteiger partial charge in [-0.15, -0.1) is 0 Å². The van der Waals surface area contributed by atoms with Gasteiger partial charge in [-0.2, -0.15) is 0 Å². The molecule has 0 fully saturated rings. The third kappa shape index (κ3) is 2.95. The van der Waals surface area contributed by atoms with Crippen molar-refractivity contribution in [1.82, 2.24) is 5.32 Å². The van der Waals surface area contributed by atoms with E-state index in [0.717, 1.165) is 5.56 Å². The van der Waals surface area contributed by atoms with Crippen LogP contribution in [0.5, 0.6) is 0 Å². The molecule has 0 saturated heterocycles. The van der Waals surface area contributed by atoms with Gasteiger partial charge in [0.2, 0.25) is 5.60 Å². The summed E-state index contributed by atoms with van der Waals surface area (Å²) in [6, 6.07) is 8.07. The number of hydrogen-bond acceptors (Lipinski definition) is 3. The van der Waals surface area contributed by atoms with Crippen LogP contribution in [0.25, 0.3) is 0 Å². The molecular formula is C14H16F2N2O2. The monoisotopic (exact) mass is 282 g/mol. The number of oxime groups is 1. The summed E-state index contributed by atoms with van der Waals surface area (Å²) >= 11 is 0. The zero-order valence-corrected chi connectivity index (χ0v) is 11.3. The highest BCUT2D eigenvalue weighted by Gasteiger charge is 2.43. The number of amides is 1. The molecule has 0 aliphatic carbocycles. The van der Waals surface area contributed by atoms with E-state index in [1.54, 1.807) is 6.92 Å². The Morgan fingerprint density at radius 1 is 1.40 bits per heavy atom. The largest absolute Gasteiger partial charge is 0.379 e. The molecule has 1 aliphatic rings. The van der Waals surface area contributed by atoms with Crippen LogP contribution in [-0.2, 0) is 9.63 Å². The highest BCUT2D eigenvalue weighted by atomic mass is 19.3. The molecule has 0 bridgehead atoms. The minimum absolute atomic E-state index is 0.249. The van der Waals surface area contributed by atoms with Gasteiger partial charge < -0.3 is 10.2 Å². The lowest BCUT2D eigenvalue weighted by Crippen LogP contribution is -2.49. The molecular weight excluding hydrogens is 266 g/mol. The van der Waals surface area contributed by atoms with E-state index in [4.69, 9.17) is 4.84 Å². The first kappa shape index (κ1) is 14.4. The molecule has 4 nitrogen and oxygen atoms in total. The number of alkyl halides is 2. The summed E-state index contributed by atoms with van der Waals surface area (Å²) in [5.41, 5.74) is 0.243. The first-order valence-electron chi connectivity index (χ1n) is 6.32. The normalized spacial score (nSPS) is 23.1. The second-order valence-corrected chi connectivity index (χ2v) is 5.00. The van der Waals surface area contributed by atoms with Crippen LogP contribution < -0.4 is 5.32 Å². The minimum atomic E-state index is -2.61. The molecule has 1 aromatic rings. The number of nitrogens with one attached hydrogen (secondary N) is 1. The van der Waals surface area contributed by atoms with Crippen LogP contribution in [0.1, 0.15) is 25.8 Å². The number of rotatable bonds is 4. The molecule has 6 heteroatoms. The van der Waals surface area contributed by atoms with Crippen LogP contribution in [0.15, 0.2) is 35.5 Å². The van der Waals surface area contributed by atoms with Gasteiger partial charge >= 0.3 is 0 Å². The third-order valence-corrected chi connectivity index (χ3v) is 3.19. The summed E-state index contributed by atoms with van der Waals surface area (Å²) in [5, 5.41) is 6.15. The van der Waals surface area contributed by atoms with E-state index in [9.17, 15) is 13.6 Å². The fourth-order valence-corrected chi connectivity index (χ4v) is 1.87. The Bertz CT molecular complexity index is 519. The standard InChI is InChI=1S/C14H16F2N2O2/c1-9(12(15)16)17-13(19)14(2)8-11(18-20-14)10-6-4-3-5-7-10/h3-7,9,12H,8H2,1-2H3,(H,17,19).